The molecule has 6 nitrogen and oxygen atoms in total. The molecule has 1 aromatic carbocycles. The molecule has 2 rings (SSSR count). The summed E-state index contributed by atoms with van der Waals surface area (Å²) in [5.41, 5.74) is -0.0138. The molecule has 0 atom stereocenters. The Morgan fingerprint density at radius 2 is 2.11 bits per heavy atom. The lowest BCUT2D eigenvalue weighted by molar-refractivity contribution is 0.0696. The number of rotatable bonds is 3. The van der Waals surface area contributed by atoms with E-state index in [0.717, 1.165) is 22.5 Å². The first-order valence-corrected chi connectivity index (χ1v) is 6.95. The summed E-state index contributed by atoms with van der Waals surface area (Å²) in [6.45, 7) is 0.428. The third-order valence-electron chi connectivity index (χ3n) is 3.02. The number of nitrogens with zero attached hydrogens (tertiary/aromatic N) is 2. The molecular formula is C11H13FN2O4S. The fourth-order valence-corrected chi connectivity index (χ4v) is 3.18. The second kappa shape index (κ2) is 4.87. The second-order valence-electron chi connectivity index (χ2n) is 4.27. The topological polar surface area (TPSA) is 77.9 Å². The number of hydrogen-bond donors (Lipinski definition) is 1. The second-order valence-corrected chi connectivity index (χ2v) is 6.31. The van der Waals surface area contributed by atoms with Crippen LogP contribution in [0.15, 0.2) is 18.2 Å². The molecule has 1 aliphatic heterocycles. The Bertz CT molecular complexity index is 617. The normalized spacial score (nSPS) is 19.7. The van der Waals surface area contributed by atoms with Crippen molar-refractivity contribution < 1.29 is 22.7 Å². The summed E-state index contributed by atoms with van der Waals surface area (Å²) in [7, 11) is -2.12. The molecule has 0 spiro atoms. The quantitative estimate of drug-likeness (QED) is 0.879. The fraction of sp³-hybridized carbons (Fsp3) is 0.364. The number of carboxylic acid groups (broad SMARTS) is 1. The number of halogens is 1. The van der Waals surface area contributed by atoms with Crippen LogP contribution in [0.2, 0.25) is 0 Å². The van der Waals surface area contributed by atoms with E-state index >= 15 is 0 Å². The number of carbonyl (C=O) groups is 1. The average molecular weight is 288 g/mol. The number of carboxylic acids is 1. The summed E-state index contributed by atoms with van der Waals surface area (Å²) in [5.74, 6) is -1.79. The maximum atomic E-state index is 13.6. The Hall–Kier alpha value is -1.51. The minimum atomic E-state index is -3.56. The summed E-state index contributed by atoms with van der Waals surface area (Å²) in [6.07, 6.45) is 0. The highest BCUT2D eigenvalue weighted by molar-refractivity contribution is 7.86. The van der Waals surface area contributed by atoms with Crippen LogP contribution in [0, 0.1) is 5.82 Å². The predicted octanol–water partition coefficient (Wildman–Crippen LogP) is 0.516. The number of likely N-dealkylation sites (N-methyl/N-ethyl adjacent to an activating group) is 1. The molecule has 0 bridgehead atoms. The van der Waals surface area contributed by atoms with Crippen molar-refractivity contribution in [2.75, 3.05) is 20.1 Å². The highest BCUT2D eigenvalue weighted by Gasteiger charge is 2.34. The van der Waals surface area contributed by atoms with Crippen molar-refractivity contribution in [1.29, 1.82) is 0 Å². The van der Waals surface area contributed by atoms with Crippen LogP contribution in [0.4, 0.5) is 4.39 Å². The van der Waals surface area contributed by atoms with Crippen LogP contribution < -0.4 is 0 Å². The van der Waals surface area contributed by atoms with Crippen molar-refractivity contribution in [3.63, 3.8) is 0 Å². The van der Waals surface area contributed by atoms with Crippen molar-refractivity contribution >= 4 is 16.2 Å². The van der Waals surface area contributed by atoms with Gasteiger partial charge in [-0.25, -0.2) is 9.18 Å². The molecule has 0 radical (unpaired) electrons. The Morgan fingerprint density at radius 1 is 1.42 bits per heavy atom. The van der Waals surface area contributed by atoms with E-state index in [1.54, 1.807) is 0 Å². The summed E-state index contributed by atoms with van der Waals surface area (Å²) < 4.78 is 39.6. The van der Waals surface area contributed by atoms with Gasteiger partial charge in [-0.05, 0) is 18.2 Å². The van der Waals surface area contributed by atoms with Crippen molar-refractivity contribution in [2.45, 2.75) is 6.54 Å². The van der Waals surface area contributed by atoms with E-state index in [9.17, 15) is 17.6 Å². The van der Waals surface area contributed by atoms with Gasteiger partial charge in [-0.3, -0.25) is 0 Å². The van der Waals surface area contributed by atoms with Crippen LogP contribution in [0.25, 0.3) is 0 Å². The van der Waals surface area contributed by atoms with Gasteiger partial charge >= 0.3 is 5.97 Å². The zero-order chi connectivity index (χ0) is 14.2. The largest absolute Gasteiger partial charge is 0.478 e. The van der Waals surface area contributed by atoms with Gasteiger partial charge in [0.2, 0.25) is 0 Å². The Balaban J connectivity index is 2.29. The van der Waals surface area contributed by atoms with Crippen LogP contribution >= 0.6 is 0 Å². The van der Waals surface area contributed by atoms with E-state index in [2.05, 4.69) is 0 Å². The van der Waals surface area contributed by atoms with Gasteiger partial charge in [-0.2, -0.15) is 17.0 Å². The maximum Gasteiger partial charge on any atom is 0.335 e. The molecule has 104 valence electrons. The van der Waals surface area contributed by atoms with Crippen LogP contribution in [-0.2, 0) is 16.8 Å². The molecule has 0 saturated carbocycles. The molecule has 0 aliphatic carbocycles. The van der Waals surface area contributed by atoms with Gasteiger partial charge in [0.15, 0.2) is 0 Å². The first-order chi connectivity index (χ1) is 8.82. The van der Waals surface area contributed by atoms with E-state index in [1.807, 2.05) is 0 Å². The van der Waals surface area contributed by atoms with Gasteiger partial charge in [0.05, 0.1) is 5.56 Å². The van der Waals surface area contributed by atoms with Gasteiger partial charge in [0.25, 0.3) is 10.2 Å². The molecule has 1 aliphatic rings. The van der Waals surface area contributed by atoms with E-state index in [-0.39, 0.29) is 24.2 Å². The Morgan fingerprint density at radius 3 is 2.63 bits per heavy atom. The van der Waals surface area contributed by atoms with E-state index in [0.29, 0.717) is 6.54 Å². The molecule has 1 aromatic rings. The summed E-state index contributed by atoms with van der Waals surface area (Å²) in [4.78, 5) is 10.8. The van der Waals surface area contributed by atoms with Crippen molar-refractivity contribution in [2.24, 2.45) is 0 Å². The highest BCUT2D eigenvalue weighted by atomic mass is 32.2. The SMILES string of the molecule is CN1CCN(Cc2cc(C(=O)O)ccc2F)S1(=O)=O. The summed E-state index contributed by atoms with van der Waals surface area (Å²) >= 11 is 0. The van der Waals surface area contributed by atoms with Gasteiger partial charge in [-0.15, -0.1) is 0 Å². The lowest BCUT2D eigenvalue weighted by Crippen LogP contribution is -2.30. The standard InChI is InChI=1S/C11H13FN2O4S/c1-13-4-5-14(19(13,17)18)7-9-6-8(11(15)16)2-3-10(9)12/h2-3,6H,4-5,7H2,1H3,(H,15,16). The van der Waals surface area contributed by atoms with Crippen LogP contribution in [0.1, 0.15) is 15.9 Å². The maximum absolute atomic E-state index is 13.6. The minimum absolute atomic E-state index is 0.0544. The lowest BCUT2D eigenvalue weighted by atomic mass is 10.1. The molecule has 19 heavy (non-hydrogen) atoms. The molecule has 0 amide bonds. The smallest absolute Gasteiger partial charge is 0.335 e. The van der Waals surface area contributed by atoms with E-state index in [4.69, 9.17) is 5.11 Å². The van der Waals surface area contributed by atoms with Gasteiger partial charge in [0, 0.05) is 32.2 Å². The predicted molar refractivity (Wildman–Crippen MR) is 65.3 cm³/mol. The van der Waals surface area contributed by atoms with Gasteiger partial charge < -0.3 is 5.11 Å². The third kappa shape index (κ3) is 2.60. The van der Waals surface area contributed by atoms with Crippen molar-refractivity contribution in [3.05, 3.63) is 35.1 Å². The van der Waals surface area contributed by atoms with Crippen molar-refractivity contribution in [1.82, 2.24) is 8.61 Å². The van der Waals surface area contributed by atoms with Gasteiger partial charge in [0.1, 0.15) is 5.82 Å². The molecule has 1 fully saturated rings. The average Bonchev–Trinajstić information content (AvgIpc) is 2.58. The molecule has 0 unspecified atom stereocenters. The Labute approximate surface area is 110 Å². The number of benzene rings is 1. The molecule has 8 heteroatoms. The van der Waals surface area contributed by atoms with Crippen LogP contribution in [-0.4, -0.2) is 48.2 Å². The van der Waals surface area contributed by atoms with Crippen LogP contribution in [0.3, 0.4) is 0 Å². The zero-order valence-corrected chi connectivity index (χ0v) is 11.0. The first-order valence-electron chi connectivity index (χ1n) is 5.55. The number of hydrogen-bond acceptors (Lipinski definition) is 3. The highest BCUT2D eigenvalue weighted by Crippen LogP contribution is 2.20. The molecule has 1 heterocycles. The summed E-state index contributed by atoms with van der Waals surface area (Å²) in [5, 5.41) is 8.84. The third-order valence-corrected chi connectivity index (χ3v) is 4.96. The number of aromatic carboxylic acids is 1. The van der Waals surface area contributed by atoms with E-state index < -0.39 is 22.0 Å². The minimum Gasteiger partial charge on any atom is -0.478 e. The molecule has 1 N–H and O–H groups in total. The molecular weight excluding hydrogens is 275 g/mol. The molecule has 0 aromatic heterocycles. The Kier molecular flexibility index (Phi) is 3.57. The first kappa shape index (κ1) is 13.9. The van der Waals surface area contributed by atoms with E-state index in [1.165, 1.54) is 11.4 Å². The zero-order valence-electron chi connectivity index (χ0n) is 10.2. The monoisotopic (exact) mass is 288 g/mol. The lowest BCUT2D eigenvalue weighted by Gasteiger charge is -2.16. The van der Waals surface area contributed by atoms with Crippen LogP contribution in [0.5, 0.6) is 0 Å². The molecule has 1 saturated heterocycles. The fourth-order valence-electron chi connectivity index (χ4n) is 1.86. The van der Waals surface area contributed by atoms with Gasteiger partial charge in [-0.1, -0.05) is 0 Å². The summed E-state index contributed by atoms with van der Waals surface area (Å²) in [6, 6.07) is 3.34. The van der Waals surface area contributed by atoms with Crippen molar-refractivity contribution in [3.8, 4) is 0 Å².